The molecule has 0 atom stereocenters. The number of rotatable bonds is 5. The third-order valence-electron chi connectivity index (χ3n) is 3.40. The summed E-state index contributed by atoms with van der Waals surface area (Å²) in [5.41, 5.74) is -1.62. The van der Waals surface area contributed by atoms with Gasteiger partial charge in [0.15, 0.2) is 0 Å². The quantitative estimate of drug-likeness (QED) is 0.450. The van der Waals surface area contributed by atoms with E-state index in [4.69, 9.17) is 16.3 Å². The van der Waals surface area contributed by atoms with Crippen molar-refractivity contribution in [1.82, 2.24) is 0 Å². The molecule has 0 unspecified atom stereocenters. The summed E-state index contributed by atoms with van der Waals surface area (Å²) >= 11 is 5.54. The largest absolute Gasteiger partial charge is 0.416 e. The van der Waals surface area contributed by atoms with E-state index in [1.165, 1.54) is 24.3 Å². The van der Waals surface area contributed by atoms with Crippen molar-refractivity contribution in [1.29, 1.82) is 0 Å². The normalized spacial score (nSPS) is 12.6. The first kappa shape index (κ1) is 19.6. The maximum atomic E-state index is 12.9. The third kappa shape index (κ3) is 5.12. The van der Waals surface area contributed by atoms with E-state index in [1.807, 2.05) is 0 Å². The van der Waals surface area contributed by atoms with Crippen molar-refractivity contribution in [3.05, 3.63) is 70.8 Å². The second-order valence-corrected chi connectivity index (χ2v) is 5.56. The monoisotopic (exact) mass is 382 g/mol. The second kappa shape index (κ2) is 7.66. The molecule has 0 aliphatic heterocycles. The molecule has 0 saturated heterocycles. The number of halogens is 7. The van der Waals surface area contributed by atoms with Gasteiger partial charge in [-0.2, -0.15) is 26.3 Å². The van der Waals surface area contributed by atoms with Crippen molar-refractivity contribution in [2.45, 2.75) is 18.5 Å². The predicted molar refractivity (Wildman–Crippen MR) is 81.4 cm³/mol. The molecule has 25 heavy (non-hydrogen) atoms. The maximum Gasteiger partial charge on any atom is 0.416 e. The Morgan fingerprint density at radius 1 is 0.800 bits per heavy atom. The minimum Gasteiger partial charge on any atom is -0.368 e. The van der Waals surface area contributed by atoms with Crippen molar-refractivity contribution >= 4 is 11.6 Å². The molecule has 136 valence electrons. The zero-order chi connectivity index (χ0) is 18.7. The molecule has 0 aromatic heterocycles. The van der Waals surface area contributed by atoms with E-state index in [-0.39, 0.29) is 23.6 Å². The zero-order valence-corrected chi connectivity index (χ0v) is 13.4. The van der Waals surface area contributed by atoms with E-state index in [0.29, 0.717) is 0 Å². The summed E-state index contributed by atoms with van der Waals surface area (Å²) in [7, 11) is 0. The Balaban J connectivity index is 2.47. The summed E-state index contributed by atoms with van der Waals surface area (Å²) in [5, 5.41) is 0. The number of benzene rings is 2. The van der Waals surface area contributed by atoms with E-state index in [0.717, 1.165) is 24.3 Å². The summed E-state index contributed by atoms with van der Waals surface area (Å²) in [6.07, 6.45) is -10.2. The van der Waals surface area contributed by atoms with E-state index >= 15 is 0 Å². The van der Waals surface area contributed by atoms with Gasteiger partial charge in [-0.1, -0.05) is 24.3 Å². The molecular formula is C17H13ClF6O. The first-order valence-electron chi connectivity index (χ1n) is 7.15. The molecule has 0 N–H and O–H groups in total. The van der Waals surface area contributed by atoms with Crippen LogP contribution in [-0.4, -0.2) is 12.5 Å². The van der Waals surface area contributed by atoms with Crippen LogP contribution < -0.4 is 0 Å². The number of alkyl halides is 7. The van der Waals surface area contributed by atoms with Crippen LogP contribution in [0.4, 0.5) is 26.3 Å². The number of hydrogen-bond donors (Lipinski definition) is 0. The van der Waals surface area contributed by atoms with Crippen LogP contribution in [0.2, 0.25) is 0 Å². The number of hydrogen-bond acceptors (Lipinski definition) is 1. The Labute approximate surface area is 145 Å². The Morgan fingerprint density at radius 2 is 1.24 bits per heavy atom. The highest BCUT2D eigenvalue weighted by Crippen LogP contribution is 2.36. The fourth-order valence-electron chi connectivity index (χ4n) is 2.30. The van der Waals surface area contributed by atoms with E-state index in [1.54, 1.807) is 0 Å². The minimum absolute atomic E-state index is 0.0291. The Morgan fingerprint density at radius 3 is 1.60 bits per heavy atom. The van der Waals surface area contributed by atoms with Crippen LogP contribution in [0.1, 0.15) is 28.4 Å². The topological polar surface area (TPSA) is 9.23 Å². The van der Waals surface area contributed by atoms with Gasteiger partial charge in [0.25, 0.3) is 0 Å². The second-order valence-electron chi connectivity index (χ2n) is 5.19. The van der Waals surface area contributed by atoms with Gasteiger partial charge in [0, 0.05) is 5.88 Å². The van der Waals surface area contributed by atoms with Gasteiger partial charge in [0.1, 0.15) is 6.10 Å². The lowest BCUT2D eigenvalue weighted by molar-refractivity contribution is -0.138. The third-order valence-corrected chi connectivity index (χ3v) is 3.55. The molecule has 0 radical (unpaired) electrons. The van der Waals surface area contributed by atoms with Crippen LogP contribution in [0, 0.1) is 0 Å². The molecule has 0 aliphatic carbocycles. The molecule has 0 spiro atoms. The molecule has 0 heterocycles. The van der Waals surface area contributed by atoms with Crippen LogP contribution in [0.25, 0.3) is 0 Å². The average molecular weight is 383 g/mol. The Bertz CT molecular complexity index is 653. The van der Waals surface area contributed by atoms with Gasteiger partial charge >= 0.3 is 12.4 Å². The van der Waals surface area contributed by atoms with Crippen molar-refractivity contribution in [3.63, 3.8) is 0 Å². The first-order chi connectivity index (χ1) is 11.6. The number of ether oxygens (including phenoxy) is 1. The SMILES string of the molecule is FC(F)(F)c1cccc(C(OCCCl)c2cccc(C(F)(F)F)c2)c1. The fraction of sp³-hybridized carbons (Fsp3) is 0.294. The standard InChI is InChI=1S/C17H13ClF6O/c18-7-8-25-15(11-3-1-5-13(9-11)16(19,20)21)12-4-2-6-14(10-12)17(22,23)24/h1-6,9-10,15H,7-8H2. The van der Waals surface area contributed by atoms with Crippen LogP contribution in [-0.2, 0) is 17.1 Å². The minimum atomic E-state index is -4.57. The molecule has 0 bridgehead atoms. The molecule has 2 rings (SSSR count). The summed E-state index contributed by atoms with van der Waals surface area (Å²) in [5.74, 6) is 0.0500. The Kier molecular flexibility index (Phi) is 6.00. The maximum absolute atomic E-state index is 12.9. The molecule has 2 aromatic carbocycles. The van der Waals surface area contributed by atoms with Gasteiger partial charge in [0.05, 0.1) is 17.7 Å². The van der Waals surface area contributed by atoms with E-state index in [2.05, 4.69) is 0 Å². The zero-order valence-electron chi connectivity index (χ0n) is 12.7. The summed E-state index contributed by atoms with van der Waals surface area (Å²) in [6, 6.07) is 8.59. The summed E-state index contributed by atoms with van der Waals surface area (Å²) in [6.45, 7) is -0.0291. The van der Waals surface area contributed by atoms with Gasteiger partial charge in [0.2, 0.25) is 0 Å². The molecule has 1 nitrogen and oxygen atoms in total. The van der Waals surface area contributed by atoms with Crippen LogP contribution >= 0.6 is 11.6 Å². The Hall–Kier alpha value is -1.73. The molecule has 0 fully saturated rings. The molecule has 2 aromatic rings. The molecular weight excluding hydrogens is 370 g/mol. The van der Waals surface area contributed by atoms with Crippen molar-refractivity contribution in [3.8, 4) is 0 Å². The highest BCUT2D eigenvalue weighted by Gasteiger charge is 2.33. The van der Waals surface area contributed by atoms with Gasteiger partial charge in [-0.05, 0) is 35.4 Å². The smallest absolute Gasteiger partial charge is 0.368 e. The first-order valence-corrected chi connectivity index (χ1v) is 7.68. The lowest BCUT2D eigenvalue weighted by Gasteiger charge is -2.21. The summed E-state index contributed by atoms with van der Waals surface area (Å²) < 4.78 is 82.8. The summed E-state index contributed by atoms with van der Waals surface area (Å²) in [4.78, 5) is 0. The fourth-order valence-corrected chi connectivity index (χ4v) is 2.39. The highest BCUT2D eigenvalue weighted by molar-refractivity contribution is 6.17. The van der Waals surface area contributed by atoms with Crippen molar-refractivity contribution in [2.75, 3.05) is 12.5 Å². The lowest BCUT2D eigenvalue weighted by Crippen LogP contribution is -2.12. The van der Waals surface area contributed by atoms with Crippen LogP contribution in [0.3, 0.4) is 0 Å². The molecule has 0 amide bonds. The molecule has 0 saturated carbocycles. The average Bonchev–Trinajstić information content (AvgIpc) is 2.54. The molecule has 8 heteroatoms. The van der Waals surface area contributed by atoms with Gasteiger partial charge < -0.3 is 4.74 Å². The predicted octanol–water partition coefficient (Wildman–Crippen LogP) is 6.07. The van der Waals surface area contributed by atoms with Crippen LogP contribution in [0.15, 0.2) is 48.5 Å². The van der Waals surface area contributed by atoms with E-state index < -0.39 is 29.6 Å². The van der Waals surface area contributed by atoms with E-state index in [9.17, 15) is 26.3 Å². The van der Waals surface area contributed by atoms with Gasteiger partial charge in [-0.15, -0.1) is 11.6 Å². The lowest BCUT2D eigenvalue weighted by atomic mass is 9.97. The highest BCUT2D eigenvalue weighted by atomic mass is 35.5. The van der Waals surface area contributed by atoms with Crippen molar-refractivity contribution in [2.24, 2.45) is 0 Å². The van der Waals surface area contributed by atoms with Gasteiger partial charge in [-0.25, -0.2) is 0 Å². The molecule has 0 aliphatic rings. The van der Waals surface area contributed by atoms with Crippen molar-refractivity contribution < 1.29 is 31.1 Å². The van der Waals surface area contributed by atoms with Gasteiger partial charge in [-0.3, -0.25) is 0 Å². The van der Waals surface area contributed by atoms with Crippen LogP contribution in [0.5, 0.6) is 0 Å².